The molecule has 0 aliphatic heterocycles. The number of hydrogen-bond acceptors (Lipinski definition) is 1. The Balaban J connectivity index is 2.34. The molecule has 2 aliphatic carbocycles. The first-order valence-corrected chi connectivity index (χ1v) is 5.21. The summed E-state index contributed by atoms with van der Waals surface area (Å²) in [5, 5.41) is 0.789. The maximum atomic E-state index is 10.8. The minimum atomic E-state index is 0.288. The number of allylic oxidation sites excluding steroid dienone is 2. The van der Waals surface area contributed by atoms with Gasteiger partial charge < -0.3 is 0 Å². The van der Waals surface area contributed by atoms with Crippen LogP contribution in [0, 0.1) is 10.8 Å². The zero-order valence-electron chi connectivity index (χ0n) is 8.19. The maximum absolute atomic E-state index is 10.8. The molecule has 2 aliphatic rings. The topological polar surface area (TPSA) is 17.1 Å². The van der Waals surface area contributed by atoms with Crippen LogP contribution >= 0.6 is 11.6 Å². The van der Waals surface area contributed by atoms with Crippen molar-refractivity contribution in [2.45, 2.75) is 39.5 Å². The van der Waals surface area contributed by atoms with E-state index in [2.05, 4.69) is 13.8 Å². The Hall–Kier alpha value is -0.300. The van der Waals surface area contributed by atoms with Crippen LogP contribution in [0.2, 0.25) is 0 Å². The quantitative estimate of drug-likeness (QED) is 0.591. The van der Waals surface area contributed by atoms with Gasteiger partial charge >= 0.3 is 0 Å². The highest BCUT2D eigenvalue weighted by molar-refractivity contribution is 6.31. The average Bonchev–Trinajstić information content (AvgIpc) is 2.78. The molecule has 1 spiro atoms. The molecule has 0 N–H and O–H groups in total. The summed E-state index contributed by atoms with van der Waals surface area (Å²) < 4.78 is 0. The van der Waals surface area contributed by atoms with Gasteiger partial charge in [0.05, 0.1) is 0 Å². The first-order valence-electron chi connectivity index (χ1n) is 4.83. The van der Waals surface area contributed by atoms with E-state index in [0.717, 1.165) is 29.7 Å². The Labute approximate surface area is 84.2 Å². The lowest BCUT2D eigenvalue weighted by Crippen LogP contribution is -2.30. The molecule has 1 nitrogen and oxygen atoms in total. The zero-order chi connectivity index (χ0) is 9.69. The van der Waals surface area contributed by atoms with Crippen LogP contribution in [-0.4, -0.2) is 6.29 Å². The lowest BCUT2D eigenvalue weighted by atomic mass is 9.67. The molecule has 0 radical (unpaired) electrons. The van der Waals surface area contributed by atoms with E-state index in [1.807, 2.05) is 0 Å². The number of rotatable bonds is 1. The monoisotopic (exact) mass is 198 g/mol. The van der Waals surface area contributed by atoms with Crippen molar-refractivity contribution in [3.63, 3.8) is 0 Å². The van der Waals surface area contributed by atoms with Gasteiger partial charge in [0.2, 0.25) is 0 Å². The molecule has 72 valence electrons. The second-order valence-electron chi connectivity index (χ2n) is 5.07. The van der Waals surface area contributed by atoms with Crippen LogP contribution in [0.1, 0.15) is 39.5 Å². The average molecular weight is 199 g/mol. The third kappa shape index (κ3) is 1.25. The Morgan fingerprint density at radius 1 is 1.31 bits per heavy atom. The number of carbonyl (C=O) groups is 1. The second kappa shape index (κ2) is 2.60. The Morgan fingerprint density at radius 2 is 1.92 bits per heavy atom. The summed E-state index contributed by atoms with van der Waals surface area (Å²) in [5.74, 6) is 0. The molecule has 0 bridgehead atoms. The van der Waals surface area contributed by atoms with Crippen molar-refractivity contribution in [3.8, 4) is 0 Å². The highest BCUT2D eigenvalue weighted by Gasteiger charge is 2.56. The lowest BCUT2D eigenvalue weighted by Gasteiger charge is -2.39. The number of carbonyl (C=O) groups excluding carboxylic acids is 1. The van der Waals surface area contributed by atoms with Gasteiger partial charge in [-0.3, -0.25) is 4.79 Å². The van der Waals surface area contributed by atoms with Crippen molar-refractivity contribution in [3.05, 3.63) is 10.6 Å². The van der Waals surface area contributed by atoms with E-state index in [1.54, 1.807) is 0 Å². The molecule has 13 heavy (non-hydrogen) atoms. The first-order chi connectivity index (χ1) is 6.01. The van der Waals surface area contributed by atoms with Gasteiger partial charge in [-0.05, 0) is 36.5 Å². The van der Waals surface area contributed by atoms with Crippen LogP contribution < -0.4 is 0 Å². The fourth-order valence-corrected chi connectivity index (χ4v) is 2.94. The van der Waals surface area contributed by atoms with E-state index in [4.69, 9.17) is 11.6 Å². The van der Waals surface area contributed by atoms with Gasteiger partial charge in [0, 0.05) is 10.6 Å². The largest absolute Gasteiger partial charge is 0.298 e. The molecular formula is C11H15ClO. The molecule has 2 rings (SSSR count). The SMILES string of the molecule is CC1(C)CC(Cl)=C(C=O)CC12CC2. The minimum absolute atomic E-state index is 0.288. The summed E-state index contributed by atoms with van der Waals surface area (Å²) in [6.07, 6.45) is 5.26. The molecule has 0 unspecified atom stereocenters. The molecule has 0 amide bonds. The summed E-state index contributed by atoms with van der Waals surface area (Å²) >= 11 is 6.07. The molecule has 0 aromatic carbocycles. The van der Waals surface area contributed by atoms with E-state index in [9.17, 15) is 4.79 Å². The molecule has 0 aromatic rings. The van der Waals surface area contributed by atoms with Crippen molar-refractivity contribution < 1.29 is 4.79 Å². The van der Waals surface area contributed by atoms with E-state index in [1.165, 1.54) is 12.8 Å². The van der Waals surface area contributed by atoms with Crippen LogP contribution in [0.3, 0.4) is 0 Å². The third-order valence-electron chi connectivity index (χ3n) is 3.91. The summed E-state index contributed by atoms with van der Waals surface area (Å²) in [6, 6.07) is 0. The standard InChI is InChI=1S/C11H15ClO/c1-10(2)6-9(12)8(7-13)5-11(10)3-4-11/h7H,3-6H2,1-2H3. The third-order valence-corrected chi connectivity index (χ3v) is 4.28. The van der Waals surface area contributed by atoms with Crippen LogP contribution in [0.5, 0.6) is 0 Å². The number of aldehydes is 1. The van der Waals surface area contributed by atoms with Crippen LogP contribution in [0.15, 0.2) is 10.6 Å². The van der Waals surface area contributed by atoms with Crippen molar-refractivity contribution in [1.82, 2.24) is 0 Å². The summed E-state index contributed by atoms with van der Waals surface area (Å²) in [4.78, 5) is 10.8. The first kappa shape index (κ1) is 9.26. The Bertz CT molecular complexity index is 284. The van der Waals surface area contributed by atoms with Gasteiger partial charge in [-0.25, -0.2) is 0 Å². The Morgan fingerprint density at radius 3 is 2.38 bits per heavy atom. The minimum Gasteiger partial charge on any atom is -0.298 e. The molecule has 1 saturated carbocycles. The number of halogens is 1. The van der Waals surface area contributed by atoms with E-state index >= 15 is 0 Å². The van der Waals surface area contributed by atoms with Crippen LogP contribution in [-0.2, 0) is 4.79 Å². The fourth-order valence-electron chi connectivity index (χ4n) is 2.50. The van der Waals surface area contributed by atoms with Crippen molar-refractivity contribution >= 4 is 17.9 Å². The van der Waals surface area contributed by atoms with Gasteiger partial charge in [0.15, 0.2) is 0 Å². The van der Waals surface area contributed by atoms with Gasteiger partial charge in [-0.1, -0.05) is 25.4 Å². The molecule has 0 atom stereocenters. The molecular weight excluding hydrogens is 184 g/mol. The van der Waals surface area contributed by atoms with Gasteiger partial charge in [-0.2, -0.15) is 0 Å². The predicted molar refractivity (Wildman–Crippen MR) is 53.6 cm³/mol. The number of hydrogen-bond donors (Lipinski definition) is 0. The summed E-state index contributed by atoms with van der Waals surface area (Å²) in [7, 11) is 0. The smallest absolute Gasteiger partial charge is 0.147 e. The van der Waals surface area contributed by atoms with Gasteiger partial charge in [0.1, 0.15) is 6.29 Å². The maximum Gasteiger partial charge on any atom is 0.147 e. The fraction of sp³-hybridized carbons (Fsp3) is 0.727. The highest BCUT2D eigenvalue weighted by atomic mass is 35.5. The van der Waals surface area contributed by atoms with Crippen LogP contribution in [0.25, 0.3) is 0 Å². The predicted octanol–water partition coefficient (Wildman–Crippen LogP) is 3.28. The molecule has 1 fully saturated rings. The van der Waals surface area contributed by atoms with E-state index in [0.29, 0.717) is 5.41 Å². The van der Waals surface area contributed by atoms with E-state index < -0.39 is 0 Å². The molecule has 0 saturated heterocycles. The normalized spacial score (nSPS) is 29.2. The molecule has 2 heteroatoms. The Kier molecular flexibility index (Phi) is 1.85. The zero-order valence-corrected chi connectivity index (χ0v) is 8.95. The highest BCUT2D eigenvalue weighted by Crippen LogP contribution is 2.66. The van der Waals surface area contributed by atoms with Crippen molar-refractivity contribution in [2.75, 3.05) is 0 Å². The summed E-state index contributed by atoms with van der Waals surface area (Å²) in [5.41, 5.74) is 1.54. The lowest BCUT2D eigenvalue weighted by molar-refractivity contribution is -0.105. The van der Waals surface area contributed by atoms with Crippen molar-refractivity contribution in [2.24, 2.45) is 10.8 Å². The van der Waals surface area contributed by atoms with Gasteiger partial charge in [-0.15, -0.1) is 0 Å². The molecule has 0 heterocycles. The second-order valence-corrected chi connectivity index (χ2v) is 5.52. The molecule has 0 aromatic heterocycles. The van der Waals surface area contributed by atoms with Gasteiger partial charge in [0.25, 0.3) is 0 Å². The van der Waals surface area contributed by atoms with Crippen LogP contribution in [0.4, 0.5) is 0 Å². The van der Waals surface area contributed by atoms with E-state index in [-0.39, 0.29) is 5.41 Å². The van der Waals surface area contributed by atoms with Crippen molar-refractivity contribution in [1.29, 1.82) is 0 Å². The summed E-state index contributed by atoms with van der Waals surface area (Å²) in [6.45, 7) is 4.54.